The summed E-state index contributed by atoms with van der Waals surface area (Å²) in [7, 11) is 0. The Morgan fingerprint density at radius 2 is 1.94 bits per heavy atom. The average Bonchev–Trinajstić information content (AvgIpc) is 2.69. The number of fused-ring (bicyclic) bond motifs is 1. The van der Waals surface area contributed by atoms with Crippen molar-refractivity contribution in [3.8, 4) is 0 Å². The van der Waals surface area contributed by atoms with Crippen LogP contribution in [-0.2, 0) is 20.6 Å². The Morgan fingerprint density at radius 1 is 1.19 bits per heavy atom. The second kappa shape index (κ2) is 9.19. The maximum atomic E-state index is 12.8. The first-order chi connectivity index (χ1) is 14.5. The highest BCUT2D eigenvalue weighted by Gasteiger charge is 2.34. The van der Waals surface area contributed by atoms with Gasteiger partial charge in [-0.1, -0.05) is 17.7 Å². The third-order valence-corrected chi connectivity index (χ3v) is 6.17. The largest absolute Gasteiger partial charge is 0.416 e. The lowest BCUT2D eigenvalue weighted by Crippen LogP contribution is -2.38. The number of hydrogen-bond donors (Lipinski definition) is 3. The van der Waals surface area contributed by atoms with Gasteiger partial charge in [0.15, 0.2) is 0 Å². The van der Waals surface area contributed by atoms with Gasteiger partial charge in [0, 0.05) is 22.0 Å². The molecule has 6 nitrogen and oxygen atoms in total. The van der Waals surface area contributed by atoms with E-state index in [2.05, 4.69) is 16.0 Å². The molecule has 164 valence electrons. The van der Waals surface area contributed by atoms with E-state index in [0.29, 0.717) is 21.2 Å². The SMILES string of the molecule is Cc1c(Cl)cccc1NC(=O)CNC(=O)C[C@@H]1Sc2ccc(C(F)(F)F)cc2NC1=O. The Labute approximate surface area is 184 Å². The van der Waals surface area contributed by atoms with Crippen LogP contribution in [0.2, 0.25) is 5.02 Å². The Kier molecular flexibility index (Phi) is 6.80. The molecule has 0 unspecified atom stereocenters. The van der Waals surface area contributed by atoms with Crippen LogP contribution < -0.4 is 16.0 Å². The minimum atomic E-state index is -4.52. The normalized spacial score (nSPS) is 15.6. The number of thioether (sulfide) groups is 1. The zero-order valence-electron chi connectivity index (χ0n) is 16.1. The number of anilines is 2. The van der Waals surface area contributed by atoms with E-state index in [4.69, 9.17) is 11.6 Å². The molecule has 3 rings (SSSR count). The van der Waals surface area contributed by atoms with Crippen LogP contribution in [-0.4, -0.2) is 29.5 Å². The van der Waals surface area contributed by atoms with Crippen LogP contribution in [0, 0.1) is 6.92 Å². The van der Waals surface area contributed by atoms with Crippen molar-refractivity contribution in [2.24, 2.45) is 0 Å². The Bertz CT molecular complexity index is 1050. The van der Waals surface area contributed by atoms with Crippen LogP contribution in [0.5, 0.6) is 0 Å². The van der Waals surface area contributed by atoms with Gasteiger partial charge in [-0.25, -0.2) is 0 Å². The van der Waals surface area contributed by atoms with E-state index >= 15 is 0 Å². The number of alkyl halides is 3. The van der Waals surface area contributed by atoms with E-state index in [9.17, 15) is 27.6 Å². The van der Waals surface area contributed by atoms with Gasteiger partial charge in [-0.05, 0) is 42.8 Å². The number of hydrogen-bond acceptors (Lipinski definition) is 4. The van der Waals surface area contributed by atoms with Crippen LogP contribution in [0.3, 0.4) is 0 Å². The smallest absolute Gasteiger partial charge is 0.347 e. The molecular weight excluding hydrogens is 455 g/mol. The van der Waals surface area contributed by atoms with Crippen molar-refractivity contribution in [1.82, 2.24) is 5.32 Å². The minimum Gasteiger partial charge on any atom is -0.347 e. The Morgan fingerprint density at radius 3 is 2.65 bits per heavy atom. The van der Waals surface area contributed by atoms with Crippen LogP contribution in [0.1, 0.15) is 17.5 Å². The fourth-order valence-electron chi connectivity index (χ4n) is 2.82. The van der Waals surface area contributed by atoms with Crippen LogP contribution in [0.4, 0.5) is 24.5 Å². The maximum absolute atomic E-state index is 12.8. The van der Waals surface area contributed by atoms with Crippen molar-refractivity contribution in [1.29, 1.82) is 0 Å². The summed E-state index contributed by atoms with van der Waals surface area (Å²) in [5, 5.41) is 7.13. The number of benzene rings is 2. The summed E-state index contributed by atoms with van der Waals surface area (Å²) >= 11 is 6.99. The van der Waals surface area contributed by atoms with Gasteiger partial charge in [0.1, 0.15) is 0 Å². The lowest BCUT2D eigenvalue weighted by atomic mass is 10.1. The summed E-state index contributed by atoms with van der Waals surface area (Å²) in [5.74, 6) is -1.59. The summed E-state index contributed by atoms with van der Waals surface area (Å²) in [5.41, 5.74) is 0.386. The van der Waals surface area contributed by atoms with E-state index in [1.165, 1.54) is 6.07 Å². The Hall–Kier alpha value is -2.72. The molecule has 0 radical (unpaired) electrons. The topological polar surface area (TPSA) is 87.3 Å². The summed E-state index contributed by atoms with van der Waals surface area (Å²) in [6.07, 6.45) is -4.76. The first-order valence-corrected chi connectivity index (χ1v) is 10.3. The highest BCUT2D eigenvalue weighted by molar-refractivity contribution is 8.01. The first-order valence-electron chi connectivity index (χ1n) is 9.05. The summed E-state index contributed by atoms with van der Waals surface area (Å²) in [6.45, 7) is 1.43. The molecule has 0 saturated heterocycles. The zero-order valence-corrected chi connectivity index (χ0v) is 17.7. The van der Waals surface area contributed by atoms with Crippen LogP contribution in [0.25, 0.3) is 0 Å². The molecule has 11 heteroatoms. The first kappa shape index (κ1) is 23.0. The van der Waals surface area contributed by atoms with E-state index in [1.807, 2.05) is 0 Å². The molecule has 3 N–H and O–H groups in total. The van der Waals surface area contributed by atoms with Gasteiger partial charge in [0.2, 0.25) is 17.7 Å². The standard InChI is InChI=1S/C20H17ClF3N3O3S/c1-10-12(21)3-2-4-13(10)26-18(29)9-25-17(28)8-16-19(30)27-14-7-11(20(22,23)24)5-6-15(14)31-16/h2-7,16H,8-9H2,1H3,(H,25,28)(H,26,29)(H,27,30)/t16-/m0/s1. The summed E-state index contributed by atoms with van der Waals surface area (Å²) in [6, 6.07) is 8.07. The molecule has 0 saturated carbocycles. The molecular formula is C20H17ClF3N3O3S. The second-order valence-corrected chi connectivity index (χ2v) is 8.40. The third kappa shape index (κ3) is 5.71. The fraction of sp³-hybridized carbons (Fsp3) is 0.250. The van der Waals surface area contributed by atoms with Gasteiger partial charge in [-0.15, -0.1) is 11.8 Å². The van der Waals surface area contributed by atoms with E-state index in [1.54, 1.807) is 25.1 Å². The van der Waals surface area contributed by atoms with Gasteiger partial charge in [-0.3, -0.25) is 14.4 Å². The summed E-state index contributed by atoms with van der Waals surface area (Å²) < 4.78 is 38.5. The Balaban J connectivity index is 1.54. The quantitative estimate of drug-likeness (QED) is 0.609. The number of nitrogens with one attached hydrogen (secondary N) is 3. The van der Waals surface area contributed by atoms with Crippen molar-refractivity contribution >= 4 is 52.5 Å². The molecule has 0 aromatic heterocycles. The highest BCUT2D eigenvalue weighted by atomic mass is 35.5. The molecule has 2 aromatic rings. The van der Waals surface area contributed by atoms with Crippen LogP contribution >= 0.6 is 23.4 Å². The maximum Gasteiger partial charge on any atom is 0.416 e. The number of amides is 3. The third-order valence-electron chi connectivity index (χ3n) is 4.49. The van der Waals surface area contributed by atoms with Crippen molar-refractivity contribution in [2.75, 3.05) is 17.2 Å². The van der Waals surface area contributed by atoms with Gasteiger partial charge in [0.05, 0.1) is 23.0 Å². The molecule has 1 atom stereocenters. The van der Waals surface area contributed by atoms with E-state index < -0.39 is 34.7 Å². The van der Waals surface area contributed by atoms with Gasteiger partial charge in [0.25, 0.3) is 0 Å². The minimum absolute atomic E-state index is 0.0535. The van der Waals surface area contributed by atoms with Crippen LogP contribution in [0.15, 0.2) is 41.3 Å². The summed E-state index contributed by atoms with van der Waals surface area (Å²) in [4.78, 5) is 36.9. The lowest BCUT2D eigenvalue weighted by Gasteiger charge is -2.24. The fourth-order valence-corrected chi connectivity index (χ4v) is 4.08. The highest BCUT2D eigenvalue weighted by Crippen LogP contribution is 2.40. The average molecular weight is 472 g/mol. The molecule has 1 aliphatic rings. The van der Waals surface area contributed by atoms with Crippen molar-refractivity contribution in [3.63, 3.8) is 0 Å². The second-order valence-electron chi connectivity index (χ2n) is 6.75. The van der Waals surface area contributed by atoms with Crippen molar-refractivity contribution < 1.29 is 27.6 Å². The van der Waals surface area contributed by atoms with E-state index in [0.717, 1.165) is 23.9 Å². The van der Waals surface area contributed by atoms with Crippen molar-refractivity contribution in [3.05, 3.63) is 52.5 Å². The van der Waals surface area contributed by atoms with Crippen molar-refractivity contribution in [2.45, 2.75) is 29.7 Å². The van der Waals surface area contributed by atoms with Gasteiger partial charge < -0.3 is 16.0 Å². The molecule has 3 amide bonds. The number of halogens is 4. The molecule has 1 heterocycles. The number of carbonyl (C=O) groups excluding carboxylic acids is 3. The monoisotopic (exact) mass is 471 g/mol. The molecule has 31 heavy (non-hydrogen) atoms. The molecule has 0 aliphatic carbocycles. The molecule has 0 bridgehead atoms. The van der Waals surface area contributed by atoms with E-state index in [-0.39, 0.29) is 18.7 Å². The molecule has 0 spiro atoms. The predicted molar refractivity (Wildman–Crippen MR) is 112 cm³/mol. The lowest BCUT2D eigenvalue weighted by molar-refractivity contribution is -0.137. The number of carbonyl (C=O) groups is 3. The zero-order chi connectivity index (χ0) is 22.8. The van der Waals surface area contributed by atoms with Gasteiger partial charge >= 0.3 is 6.18 Å². The number of rotatable bonds is 5. The van der Waals surface area contributed by atoms with Gasteiger partial charge in [-0.2, -0.15) is 13.2 Å². The molecule has 0 fully saturated rings. The molecule has 1 aliphatic heterocycles. The predicted octanol–water partition coefficient (Wildman–Crippen LogP) is 4.23. The molecule has 2 aromatic carbocycles.